The molecule has 0 saturated carbocycles. The minimum atomic E-state index is -0.260. The molecule has 3 saturated heterocycles. The Balaban J connectivity index is 1.26. The minimum absolute atomic E-state index is 0.00469. The van der Waals surface area contributed by atoms with Crippen LogP contribution in [0.15, 0.2) is 34.6 Å². The number of hydrogen-bond acceptors (Lipinski definition) is 5. The Morgan fingerprint density at radius 1 is 1.12 bits per heavy atom. The summed E-state index contributed by atoms with van der Waals surface area (Å²) < 4.78 is 3.02. The third-order valence-electron chi connectivity index (χ3n) is 8.34. The first-order valence-corrected chi connectivity index (χ1v) is 12.8. The third kappa shape index (κ3) is 3.72. The summed E-state index contributed by atoms with van der Waals surface area (Å²) in [5, 5.41) is 8.98. The summed E-state index contributed by atoms with van der Waals surface area (Å²) >= 11 is 0. The quantitative estimate of drug-likeness (QED) is 0.655. The van der Waals surface area contributed by atoms with Gasteiger partial charge in [-0.1, -0.05) is 18.1 Å². The molecule has 5 heterocycles. The monoisotopic (exact) mass is 462 g/mol. The second-order valence-electron chi connectivity index (χ2n) is 10.6. The first kappa shape index (κ1) is 21.8. The first-order chi connectivity index (χ1) is 16.5. The molecule has 8 heteroatoms. The number of aryl methyl sites for hydroxylation is 2. The lowest BCUT2D eigenvalue weighted by Gasteiger charge is -2.54. The smallest absolute Gasteiger partial charge is 0.267 e. The second-order valence-corrected chi connectivity index (χ2v) is 10.6. The molecule has 1 amide bonds. The van der Waals surface area contributed by atoms with Gasteiger partial charge in [0.1, 0.15) is 6.54 Å². The van der Waals surface area contributed by atoms with E-state index in [1.165, 1.54) is 48.5 Å². The van der Waals surface area contributed by atoms with Gasteiger partial charge in [-0.15, -0.1) is 5.10 Å². The van der Waals surface area contributed by atoms with Crippen molar-refractivity contribution >= 4 is 5.91 Å². The predicted octanol–water partition coefficient (Wildman–Crippen LogP) is 2.47. The van der Waals surface area contributed by atoms with Gasteiger partial charge >= 0.3 is 0 Å². The Kier molecular flexibility index (Phi) is 5.43. The number of likely N-dealkylation sites (tertiary alicyclic amines) is 1. The van der Waals surface area contributed by atoms with E-state index < -0.39 is 0 Å². The van der Waals surface area contributed by atoms with Gasteiger partial charge in [-0.25, -0.2) is 9.36 Å². The van der Waals surface area contributed by atoms with E-state index in [1.807, 2.05) is 19.9 Å². The van der Waals surface area contributed by atoms with Crippen LogP contribution < -0.4 is 5.56 Å². The molecule has 2 aromatic heterocycles. The molecule has 0 radical (unpaired) electrons. The molecule has 2 aromatic rings. The average Bonchev–Trinajstić information content (AvgIpc) is 3.18. The lowest BCUT2D eigenvalue weighted by molar-refractivity contribution is -0.137. The molecule has 4 aliphatic rings. The van der Waals surface area contributed by atoms with Gasteiger partial charge in [0.2, 0.25) is 5.91 Å². The van der Waals surface area contributed by atoms with Crippen molar-refractivity contribution in [1.29, 1.82) is 0 Å². The number of carbonyl (C=O) groups excluding carboxylic acids is 1. The SMILES string of the molecule is Cc1cc(C)n(-c2ccc(=O)n(CC(=O)N3CCCC4=C[C@@H]5CC(CN6CCCCC56)C43)n2)n1. The zero-order valence-corrected chi connectivity index (χ0v) is 20.2. The van der Waals surface area contributed by atoms with Crippen LogP contribution in [0, 0.1) is 25.7 Å². The Morgan fingerprint density at radius 3 is 2.82 bits per heavy atom. The van der Waals surface area contributed by atoms with E-state index in [-0.39, 0.29) is 24.1 Å². The van der Waals surface area contributed by atoms with Crippen molar-refractivity contribution in [3.63, 3.8) is 0 Å². The van der Waals surface area contributed by atoms with E-state index in [1.54, 1.807) is 10.7 Å². The minimum Gasteiger partial charge on any atom is -0.334 e. The topological polar surface area (TPSA) is 76.3 Å². The maximum Gasteiger partial charge on any atom is 0.267 e. The Labute approximate surface area is 200 Å². The molecule has 3 fully saturated rings. The van der Waals surface area contributed by atoms with Crippen LogP contribution in [0.3, 0.4) is 0 Å². The van der Waals surface area contributed by atoms with Crippen LogP contribution in [0.2, 0.25) is 0 Å². The molecule has 8 nitrogen and oxygen atoms in total. The predicted molar refractivity (Wildman–Crippen MR) is 129 cm³/mol. The van der Waals surface area contributed by atoms with Gasteiger partial charge < -0.3 is 4.90 Å². The second kappa shape index (κ2) is 8.48. The van der Waals surface area contributed by atoms with Gasteiger partial charge in [0.05, 0.1) is 11.7 Å². The molecular weight excluding hydrogens is 428 g/mol. The summed E-state index contributed by atoms with van der Waals surface area (Å²) in [6, 6.07) is 6.00. The number of hydrogen-bond donors (Lipinski definition) is 0. The van der Waals surface area contributed by atoms with Gasteiger partial charge in [-0.05, 0) is 76.5 Å². The number of piperidine rings is 3. The lowest BCUT2D eigenvalue weighted by Crippen LogP contribution is -2.60. The number of rotatable bonds is 3. The summed E-state index contributed by atoms with van der Waals surface area (Å²) in [5.74, 6) is 1.69. The average molecular weight is 463 g/mol. The molecule has 6 rings (SSSR count). The van der Waals surface area contributed by atoms with Crippen LogP contribution in [-0.2, 0) is 11.3 Å². The summed E-state index contributed by atoms with van der Waals surface area (Å²) in [4.78, 5) is 31.0. The largest absolute Gasteiger partial charge is 0.334 e. The normalized spacial score (nSPS) is 28.8. The van der Waals surface area contributed by atoms with Gasteiger partial charge in [0, 0.05) is 30.9 Å². The summed E-state index contributed by atoms with van der Waals surface area (Å²) in [7, 11) is 0. The molecule has 3 aliphatic heterocycles. The Bertz CT molecular complexity index is 1200. The number of fused-ring (bicyclic) bond motifs is 6. The van der Waals surface area contributed by atoms with Crippen molar-refractivity contribution in [2.75, 3.05) is 19.6 Å². The van der Waals surface area contributed by atoms with Crippen molar-refractivity contribution in [1.82, 2.24) is 29.4 Å². The number of amides is 1. The van der Waals surface area contributed by atoms with E-state index in [4.69, 9.17) is 0 Å². The molecule has 0 aromatic carbocycles. The highest BCUT2D eigenvalue weighted by Gasteiger charge is 2.46. The highest BCUT2D eigenvalue weighted by Crippen LogP contribution is 2.45. The maximum atomic E-state index is 13.6. The molecule has 180 valence electrons. The van der Waals surface area contributed by atoms with Crippen molar-refractivity contribution in [2.24, 2.45) is 11.8 Å². The van der Waals surface area contributed by atoms with Crippen molar-refractivity contribution in [2.45, 2.75) is 71.0 Å². The van der Waals surface area contributed by atoms with Crippen LogP contribution in [0.25, 0.3) is 5.82 Å². The van der Waals surface area contributed by atoms with Gasteiger partial charge in [-0.3, -0.25) is 14.5 Å². The van der Waals surface area contributed by atoms with Crippen LogP contribution in [0.4, 0.5) is 0 Å². The Morgan fingerprint density at radius 2 is 2.00 bits per heavy atom. The number of carbonyl (C=O) groups is 1. The fourth-order valence-electron chi connectivity index (χ4n) is 7.00. The van der Waals surface area contributed by atoms with Crippen LogP contribution in [0.5, 0.6) is 0 Å². The van der Waals surface area contributed by atoms with E-state index in [9.17, 15) is 9.59 Å². The van der Waals surface area contributed by atoms with Crippen LogP contribution >= 0.6 is 0 Å². The van der Waals surface area contributed by atoms with E-state index in [0.29, 0.717) is 23.7 Å². The Hall–Kier alpha value is -2.74. The van der Waals surface area contributed by atoms with Crippen molar-refractivity contribution in [3.8, 4) is 5.82 Å². The fourth-order valence-corrected chi connectivity index (χ4v) is 7.00. The van der Waals surface area contributed by atoms with Gasteiger partial charge in [0.25, 0.3) is 5.56 Å². The standard InChI is InChI=1S/C26H34N6O2/c1-17-12-18(2)32(27-17)23-8-9-24(33)31(28-23)16-25(34)30-11-5-6-19-13-20-14-21(26(19)30)15-29-10-4-3-7-22(20)29/h8-9,12-13,20-22,26H,3-7,10-11,14-16H2,1-2H3/t20-,21?,22?,26?/m1/s1. The molecule has 34 heavy (non-hydrogen) atoms. The lowest BCUT2D eigenvalue weighted by atomic mass is 9.68. The zero-order valence-electron chi connectivity index (χ0n) is 20.2. The zero-order chi connectivity index (χ0) is 23.4. The molecule has 0 N–H and O–H groups in total. The van der Waals surface area contributed by atoms with Crippen LogP contribution in [-0.4, -0.2) is 67.0 Å². The number of nitrogens with zero attached hydrogens (tertiary/aromatic N) is 6. The highest BCUT2D eigenvalue weighted by molar-refractivity contribution is 5.77. The summed E-state index contributed by atoms with van der Waals surface area (Å²) in [6.07, 6.45) is 9.75. The van der Waals surface area contributed by atoms with Gasteiger partial charge in [0.15, 0.2) is 5.82 Å². The molecule has 1 aliphatic carbocycles. The molecule has 4 atom stereocenters. The molecule has 2 bridgehead atoms. The number of aromatic nitrogens is 4. The maximum absolute atomic E-state index is 13.6. The van der Waals surface area contributed by atoms with Crippen molar-refractivity contribution in [3.05, 3.63) is 51.6 Å². The first-order valence-electron chi connectivity index (χ1n) is 12.8. The fraction of sp³-hybridized carbons (Fsp3) is 0.615. The van der Waals surface area contributed by atoms with E-state index in [0.717, 1.165) is 37.3 Å². The summed E-state index contributed by atoms with van der Waals surface area (Å²) in [6.45, 7) is 6.90. The third-order valence-corrected chi connectivity index (χ3v) is 8.34. The molecule has 3 unspecified atom stereocenters. The molecular formula is C26H34N6O2. The van der Waals surface area contributed by atoms with E-state index in [2.05, 4.69) is 26.1 Å². The molecule has 0 spiro atoms. The highest BCUT2D eigenvalue weighted by atomic mass is 16.2. The van der Waals surface area contributed by atoms with E-state index >= 15 is 0 Å². The summed E-state index contributed by atoms with van der Waals surface area (Å²) in [5.41, 5.74) is 3.03. The van der Waals surface area contributed by atoms with Crippen molar-refractivity contribution < 1.29 is 4.79 Å². The van der Waals surface area contributed by atoms with Crippen LogP contribution in [0.1, 0.15) is 49.9 Å². The van der Waals surface area contributed by atoms with Gasteiger partial charge in [-0.2, -0.15) is 5.10 Å².